The van der Waals surface area contributed by atoms with Crippen molar-refractivity contribution in [3.05, 3.63) is 57.9 Å². The van der Waals surface area contributed by atoms with Gasteiger partial charge in [0, 0.05) is 29.8 Å². The monoisotopic (exact) mass is 373 g/mol. The number of aromatic nitrogens is 2. The fraction of sp³-hybridized carbons (Fsp3) is 0.316. The predicted molar refractivity (Wildman–Crippen MR) is 98.2 cm³/mol. The first-order chi connectivity index (χ1) is 12.6. The third-order valence-electron chi connectivity index (χ3n) is 4.11. The van der Waals surface area contributed by atoms with Crippen LogP contribution in [0.2, 0.25) is 0 Å². The summed E-state index contributed by atoms with van der Waals surface area (Å²) in [5.74, 6) is 0.442. The van der Waals surface area contributed by atoms with Crippen LogP contribution in [0.25, 0.3) is 11.4 Å². The number of aryl methyl sites for hydroxylation is 2. The minimum Gasteiger partial charge on any atom is -0.339 e. The van der Waals surface area contributed by atoms with Gasteiger partial charge in [0.2, 0.25) is 17.6 Å². The van der Waals surface area contributed by atoms with Crippen LogP contribution in [0.1, 0.15) is 29.7 Å². The minimum atomic E-state index is -0.309. The number of nitrogens with zero attached hydrogens (tertiary/aromatic N) is 3. The summed E-state index contributed by atoms with van der Waals surface area (Å²) in [6.07, 6.45) is 0.657. The van der Waals surface area contributed by atoms with Crippen molar-refractivity contribution >= 4 is 17.2 Å². The maximum Gasteiger partial charge on any atom is 0.227 e. The first kappa shape index (κ1) is 18.3. The van der Waals surface area contributed by atoms with Gasteiger partial charge in [-0.05, 0) is 36.9 Å². The standard InChI is InChI=1S/C19H20FN3O2S/c1-3-23(12-15-5-4-10-26-15)18(24)9-8-17-21-19(22-25-17)14-7-6-13(2)16(20)11-14/h4-7,10-11H,3,8-9,12H2,1-2H3. The Labute approximate surface area is 155 Å². The van der Waals surface area contributed by atoms with Crippen molar-refractivity contribution in [2.45, 2.75) is 33.2 Å². The van der Waals surface area contributed by atoms with Gasteiger partial charge >= 0.3 is 0 Å². The Morgan fingerprint density at radius 1 is 1.35 bits per heavy atom. The van der Waals surface area contributed by atoms with E-state index in [1.807, 2.05) is 24.4 Å². The molecule has 0 bridgehead atoms. The molecular formula is C19H20FN3O2S. The van der Waals surface area contributed by atoms with E-state index in [0.29, 0.717) is 48.8 Å². The summed E-state index contributed by atoms with van der Waals surface area (Å²) in [5, 5.41) is 5.89. The van der Waals surface area contributed by atoms with Gasteiger partial charge in [0.15, 0.2) is 0 Å². The van der Waals surface area contributed by atoms with E-state index in [2.05, 4.69) is 10.1 Å². The number of hydrogen-bond donors (Lipinski definition) is 0. The normalized spacial score (nSPS) is 10.9. The topological polar surface area (TPSA) is 59.2 Å². The van der Waals surface area contributed by atoms with Gasteiger partial charge < -0.3 is 9.42 Å². The van der Waals surface area contributed by atoms with Crippen LogP contribution in [0.15, 0.2) is 40.2 Å². The third-order valence-corrected chi connectivity index (χ3v) is 4.97. The lowest BCUT2D eigenvalue weighted by molar-refractivity contribution is -0.131. The number of rotatable bonds is 7. The molecular weight excluding hydrogens is 353 g/mol. The van der Waals surface area contributed by atoms with Crippen molar-refractivity contribution in [1.29, 1.82) is 0 Å². The van der Waals surface area contributed by atoms with E-state index < -0.39 is 0 Å². The average Bonchev–Trinajstić information content (AvgIpc) is 3.31. The molecule has 7 heteroatoms. The summed E-state index contributed by atoms with van der Waals surface area (Å²) < 4.78 is 18.9. The number of halogens is 1. The number of hydrogen-bond acceptors (Lipinski definition) is 5. The number of carbonyl (C=O) groups excluding carboxylic acids is 1. The lowest BCUT2D eigenvalue weighted by Crippen LogP contribution is -2.30. The van der Waals surface area contributed by atoms with Crippen molar-refractivity contribution in [2.24, 2.45) is 0 Å². The zero-order valence-electron chi connectivity index (χ0n) is 14.7. The molecule has 2 heterocycles. The number of thiophene rings is 1. The summed E-state index contributed by atoms with van der Waals surface area (Å²) in [4.78, 5) is 19.7. The Balaban J connectivity index is 1.60. The molecule has 0 saturated carbocycles. The van der Waals surface area contributed by atoms with Crippen LogP contribution in [-0.2, 0) is 17.8 Å². The minimum absolute atomic E-state index is 0.0435. The Hall–Kier alpha value is -2.54. The van der Waals surface area contributed by atoms with Gasteiger partial charge in [0.05, 0.1) is 6.54 Å². The molecule has 26 heavy (non-hydrogen) atoms. The molecule has 0 unspecified atom stereocenters. The fourth-order valence-electron chi connectivity index (χ4n) is 2.54. The van der Waals surface area contributed by atoms with Crippen LogP contribution in [-0.4, -0.2) is 27.5 Å². The molecule has 3 aromatic rings. The van der Waals surface area contributed by atoms with Gasteiger partial charge in [0.1, 0.15) is 5.82 Å². The van der Waals surface area contributed by atoms with Gasteiger partial charge in [-0.1, -0.05) is 23.4 Å². The first-order valence-electron chi connectivity index (χ1n) is 8.46. The fourth-order valence-corrected chi connectivity index (χ4v) is 3.26. The molecule has 2 aromatic heterocycles. The molecule has 5 nitrogen and oxygen atoms in total. The summed E-state index contributed by atoms with van der Waals surface area (Å²) in [7, 11) is 0. The van der Waals surface area contributed by atoms with Crippen molar-refractivity contribution in [3.8, 4) is 11.4 Å². The molecule has 0 radical (unpaired) electrons. The highest BCUT2D eigenvalue weighted by Gasteiger charge is 2.16. The van der Waals surface area contributed by atoms with Crippen LogP contribution >= 0.6 is 11.3 Å². The highest BCUT2D eigenvalue weighted by molar-refractivity contribution is 7.09. The number of benzene rings is 1. The summed E-state index contributed by atoms with van der Waals surface area (Å²) in [6, 6.07) is 8.80. The van der Waals surface area contributed by atoms with Crippen LogP contribution in [0.4, 0.5) is 4.39 Å². The molecule has 0 fully saturated rings. The lowest BCUT2D eigenvalue weighted by atomic mass is 10.1. The highest BCUT2D eigenvalue weighted by Crippen LogP contribution is 2.19. The quantitative estimate of drug-likeness (QED) is 0.622. The molecule has 0 aliphatic rings. The zero-order valence-corrected chi connectivity index (χ0v) is 15.6. The Kier molecular flexibility index (Phi) is 5.78. The number of carbonyl (C=O) groups is 1. The van der Waals surface area contributed by atoms with E-state index in [4.69, 9.17) is 4.52 Å². The SMILES string of the molecule is CCN(Cc1cccs1)C(=O)CCc1nc(-c2ccc(C)c(F)c2)no1. The average molecular weight is 373 g/mol. The highest BCUT2D eigenvalue weighted by atomic mass is 32.1. The lowest BCUT2D eigenvalue weighted by Gasteiger charge is -2.19. The van der Waals surface area contributed by atoms with E-state index >= 15 is 0 Å². The summed E-state index contributed by atoms with van der Waals surface area (Å²) in [5.41, 5.74) is 1.12. The Morgan fingerprint density at radius 2 is 2.19 bits per heavy atom. The van der Waals surface area contributed by atoms with Gasteiger partial charge in [-0.2, -0.15) is 4.98 Å². The second-order valence-corrected chi connectivity index (χ2v) is 7.00. The maximum atomic E-state index is 13.7. The Morgan fingerprint density at radius 3 is 2.88 bits per heavy atom. The summed E-state index contributed by atoms with van der Waals surface area (Å²) >= 11 is 1.64. The van der Waals surface area contributed by atoms with Gasteiger partial charge in [-0.25, -0.2) is 4.39 Å². The molecule has 1 amide bonds. The van der Waals surface area contributed by atoms with Crippen LogP contribution in [0.3, 0.4) is 0 Å². The maximum absolute atomic E-state index is 13.7. The second kappa shape index (κ2) is 8.23. The smallest absolute Gasteiger partial charge is 0.227 e. The van der Waals surface area contributed by atoms with E-state index in [1.54, 1.807) is 35.3 Å². The van der Waals surface area contributed by atoms with Crippen molar-refractivity contribution in [1.82, 2.24) is 15.0 Å². The molecule has 1 aromatic carbocycles. The van der Waals surface area contributed by atoms with Gasteiger partial charge in [-0.3, -0.25) is 4.79 Å². The molecule has 0 aliphatic heterocycles. The predicted octanol–water partition coefficient (Wildman–Crippen LogP) is 4.23. The molecule has 0 atom stereocenters. The third kappa shape index (κ3) is 4.35. The molecule has 0 spiro atoms. The van der Waals surface area contributed by atoms with Crippen molar-refractivity contribution in [2.75, 3.05) is 6.54 Å². The number of amides is 1. The van der Waals surface area contributed by atoms with E-state index in [0.717, 1.165) is 4.88 Å². The zero-order chi connectivity index (χ0) is 18.5. The van der Waals surface area contributed by atoms with E-state index in [-0.39, 0.29) is 11.7 Å². The molecule has 0 saturated heterocycles. The van der Waals surface area contributed by atoms with Crippen molar-refractivity contribution in [3.63, 3.8) is 0 Å². The van der Waals surface area contributed by atoms with Gasteiger partial charge in [0.25, 0.3) is 0 Å². The molecule has 0 aliphatic carbocycles. The largest absolute Gasteiger partial charge is 0.339 e. The van der Waals surface area contributed by atoms with Crippen LogP contribution < -0.4 is 0 Å². The van der Waals surface area contributed by atoms with E-state index in [9.17, 15) is 9.18 Å². The van der Waals surface area contributed by atoms with E-state index in [1.165, 1.54) is 6.07 Å². The van der Waals surface area contributed by atoms with Crippen LogP contribution in [0, 0.1) is 12.7 Å². The first-order valence-corrected chi connectivity index (χ1v) is 9.34. The van der Waals surface area contributed by atoms with Crippen molar-refractivity contribution < 1.29 is 13.7 Å². The molecule has 3 rings (SSSR count). The molecule has 0 N–H and O–H groups in total. The van der Waals surface area contributed by atoms with Crippen LogP contribution in [0.5, 0.6) is 0 Å². The molecule has 136 valence electrons. The Bertz CT molecular complexity index is 877. The summed E-state index contributed by atoms with van der Waals surface area (Å²) in [6.45, 7) is 4.92. The second-order valence-electron chi connectivity index (χ2n) is 5.96. The van der Waals surface area contributed by atoms with Gasteiger partial charge in [-0.15, -0.1) is 11.3 Å².